The van der Waals surface area contributed by atoms with Crippen LogP contribution < -0.4 is 0 Å². The van der Waals surface area contributed by atoms with Crippen LogP contribution in [0.4, 0.5) is 0 Å². The molecule has 7 unspecified atom stereocenters. The van der Waals surface area contributed by atoms with Crippen molar-refractivity contribution in [2.45, 2.75) is 42.7 Å². The van der Waals surface area contributed by atoms with E-state index in [0.717, 1.165) is 92.5 Å². The van der Waals surface area contributed by atoms with E-state index in [0.29, 0.717) is 42.7 Å². The maximum Gasteiger partial charge on any atom is 0.104 e. The maximum absolute atomic E-state index is 4.82. The smallest absolute Gasteiger partial charge is 0.104 e. The average molecular weight is 1270 g/mol. The Hall–Kier alpha value is -7.32. The van der Waals surface area contributed by atoms with Gasteiger partial charge in [-0.1, -0.05) is 194 Å². The molecule has 0 bridgehead atoms. The average Bonchev–Trinajstić information content (AvgIpc) is 1.66. The van der Waals surface area contributed by atoms with E-state index in [1.165, 1.54) is 108 Å². The van der Waals surface area contributed by atoms with E-state index in [1.807, 2.05) is 0 Å². The topological polar surface area (TPSA) is 152 Å². The summed E-state index contributed by atoms with van der Waals surface area (Å²) in [6, 6.07) is 70.5. The van der Waals surface area contributed by atoms with Crippen LogP contribution in [0.3, 0.4) is 0 Å². The van der Waals surface area contributed by atoms with E-state index in [4.69, 9.17) is 66.3 Å². The third kappa shape index (κ3) is 18.6. The molecule has 7 atom stereocenters. The molecule has 19 rings (SSSR count). The third-order valence-corrected chi connectivity index (χ3v) is 16.5. The van der Waals surface area contributed by atoms with Gasteiger partial charge in [0.25, 0.3) is 0 Å². The molecule has 0 aliphatic carbocycles. The summed E-state index contributed by atoms with van der Waals surface area (Å²) < 4.78 is 67.0. The Morgan fingerprint density at radius 1 is 0.191 bits per heavy atom. The molecule has 7 fully saturated rings. The van der Waals surface area contributed by atoms with Gasteiger partial charge in [-0.25, -0.2) is 0 Å². The van der Waals surface area contributed by atoms with Gasteiger partial charge in [-0.05, 0) is 108 Å². The molecule has 492 valence electrons. The summed E-state index contributed by atoms with van der Waals surface area (Å²) in [5.74, 6) is 0. The highest BCUT2D eigenvalue weighted by atomic mass is 16.6. The first kappa shape index (κ1) is 68.1. The van der Waals surface area contributed by atoms with Crippen molar-refractivity contribution in [2.24, 2.45) is 0 Å². The molecule has 0 spiro atoms. The number of benzene rings is 12. The lowest BCUT2D eigenvalue weighted by Gasteiger charge is -2.16. The number of methoxy groups -OCH3 is 7. The molecule has 12 aromatic carbocycles. The molecular weight excluding hydrogens is 1180 g/mol. The van der Waals surface area contributed by atoms with Crippen molar-refractivity contribution in [2.75, 3.05) is 142 Å². The van der Waals surface area contributed by atoms with Crippen LogP contribution >= 0.6 is 0 Å². The molecule has 94 heavy (non-hydrogen) atoms. The van der Waals surface area contributed by atoms with E-state index < -0.39 is 0 Å². The zero-order chi connectivity index (χ0) is 65.0. The summed E-state index contributed by atoms with van der Waals surface area (Å²) >= 11 is 0. The fourth-order valence-electron chi connectivity index (χ4n) is 11.6. The zero-order valence-electron chi connectivity index (χ0n) is 55.1. The summed E-state index contributed by atoms with van der Waals surface area (Å²) in [5, 5.41) is 26.8. The van der Waals surface area contributed by atoms with Gasteiger partial charge in [0.15, 0.2) is 0 Å². The molecule has 12 aromatic rings. The SMILES string of the molecule is COCC1CO1.COCC1CO1.COCC1CO1.COCC1CO1.COCC1CO1.COCC1CO1.COCC1CO1.c1ccc2c(c1)c1ccccc1c1c3ccccc3c3ccccc3c21.c1ccc2c(c1)c1ccccc1c1c3ccccc3c3ccccc3c21. The van der Waals surface area contributed by atoms with Gasteiger partial charge in [-0.2, -0.15) is 0 Å². The fraction of sp³-hybridized carbons (Fsp3) is 0.350. The second-order valence-electron chi connectivity index (χ2n) is 23.7. The van der Waals surface area contributed by atoms with E-state index in [9.17, 15) is 0 Å². The lowest BCUT2D eigenvalue weighted by atomic mass is 9.87. The number of ether oxygens (including phenoxy) is 14. The lowest BCUT2D eigenvalue weighted by Crippen LogP contribution is -1.94. The van der Waals surface area contributed by atoms with Crippen LogP contribution in [0, 0.1) is 0 Å². The first-order valence-corrected chi connectivity index (χ1v) is 32.4. The van der Waals surface area contributed by atoms with Crippen molar-refractivity contribution in [3.63, 3.8) is 0 Å². The Kier molecular flexibility index (Phi) is 24.9. The van der Waals surface area contributed by atoms with E-state index in [1.54, 1.807) is 49.8 Å². The second-order valence-corrected chi connectivity index (χ2v) is 23.7. The molecule has 0 aromatic heterocycles. The van der Waals surface area contributed by atoms with Crippen molar-refractivity contribution >= 4 is 108 Å². The Morgan fingerprint density at radius 3 is 0.362 bits per heavy atom. The monoisotopic (exact) mass is 1270 g/mol. The van der Waals surface area contributed by atoms with Crippen LogP contribution in [0.2, 0.25) is 0 Å². The highest BCUT2D eigenvalue weighted by Gasteiger charge is 2.25. The third-order valence-electron chi connectivity index (χ3n) is 16.5. The Morgan fingerprint density at radius 2 is 0.287 bits per heavy atom. The molecule has 14 heteroatoms. The predicted octanol–water partition coefficient (Wildman–Crippen LogP) is 15.1. The Labute approximate surface area is 550 Å². The molecule has 7 heterocycles. The number of epoxide rings is 7. The normalized spacial score (nSPS) is 20.2. The first-order chi connectivity index (χ1) is 46.4. The van der Waals surface area contributed by atoms with Crippen LogP contribution in [0.25, 0.3) is 108 Å². The van der Waals surface area contributed by atoms with Gasteiger partial charge in [0.05, 0.1) is 92.5 Å². The molecular formula is C80H88O14. The van der Waals surface area contributed by atoms with Gasteiger partial charge in [0.1, 0.15) is 42.7 Å². The first-order valence-electron chi connectivity index (χ1n) is 32.4. The maximum atomic E-state index is 4.82. The second kappa shape index (κ2) is 34.4. The van der Waals surface area contributed by atoms with Gasteiger partial charge >= 0.3 is 0 Å². The van der Waals surface area contributed by atoms with Crippen LogP contribution in [0.1, 0.15) is 0 Å². The molecule has 7 aliphatic heterocycles. The highest BCUT2D eigenvalue weighted by molar-refractivity contribution is 6.40. The quantitative estimate of drug-likeness (QED) is 0.0749. The minimum Gasteiger partial charge on any atom is -0.382 e. The van der Waals surface area contributed by atoms with Gasteiger partial charge < -0.3 is 66.3 Å². The summed E-state index contributed by atoms with van der Waals surface area (Å²) in [6.45, 7) is 11.6. The summed E-state index contributed by atoms with van der Waals surface area (Å²) in [4.78, 5) is 0. The molecule has 7 aliphatic rings. The van der Waals surface area contributed by atoms with E-state index in [-0.39, 0.29) is 0 Å². The van der Waals surface area contributed by atoms with Gasteiger partial charge in [-0.3, -0.25) is 0 Å². The van der Waals surface area contributed by atoms with Crippen molar-refractivity contribution in [1.82, 2.24) is 0 Å². The molecule has 0 radical (unpaired) electrons. The van der Waals surface area contributed by atoms with E-state index in [2.05, 4.69) is 194 Å². The molecule has 7 saturated heterocycles. The number of fused-ring (bicyclic) bond motifs is 22. The Bertz CT molecular complexity index is 3540. The van der Waals surface area contributed by atoms with Crippen molar-refractivity contribution < 1.29 is 66.3 Å². The summed E-state index contributed by atoms with van der Waals surface area (Å²) in [5.41, 5.74) is 0. The number of hydrogen-bond donors (Lipinski definition) is 0. The minimum atomic E-state index is 0.426. The van der Waals surface area contributed by atoms with Crippen LogP contribution in [-0.2, 0) is 66.3 Å². The fourth-order valence-corrected chi connectivity index (χ4v) is 11.6. The predicted molar refractivity (Wildman–Crippen MR) is 379 cm³/mol. The van der Waals surface area contributed by atoms with Gasteiger partial charge in [0.2, 0.25) is 0 Å². The summed E-state index contributed by atoms with van der Waals surface area (Å²) in [6.07, 6.45) is 2.98. The van der Waals surface area contributed by atoms with Crippen LogP contribution in [0.15, 0.2) is 194 Å². The zero-order valence-corrected chi connectivity index (χ0v) is 55.1. The number of hydrogen-bond acceptors (Lipinski definition) is 14. The standard InChI is InChI=1S/2C26H16.7C4H8O2/c2*1-5-13-21-17(9-1)18-10-2-6-14-22(18)26-24-16-8-4-12-20(24)19-11-3-7-15-23(19)25(21)26;7*1-5-2-4-3-6-4/h2*1-16H;7*4H,2-3H2,1H3. The molecule has 14 nitrogen and oxygen atoms in total. The van der Waals surface area contributed by atoms with Crippen LogP contribution in [-0.4, -0.2) is 185 Å². The van der Waals surface area contributed by atoms with Crippen LogP contribution in [0.5, 0.6) is 0 Å². The molecule has 0 amide bonds. The highest BCUT2D eigenvalue weighted by Crippen LogP contribution is 2.45. The van der Waals surface area contributed by atoms with Crippen molar-refractivity contribution in [3.8, 4) is 0 Å². The van der Waals surface area contributed by atoms with Crippen molar-refractivity contribution in [3.05, 3.63) is 194 Å². The minimum absolute atomic E-state index is 0.426. The van der Waals surface area contributed by atoms with Gasteiger partial charge in [-0.15, -0.1) is 0 Å². The van der Waals surface area contributed by atoms with Crippen molar-refractivity contribution in [1.29, 1.82) is 0 Å². The van der Waals surface area contributed by atoms with E-state index >= 15 is 0 Å². The lowest BCUT2D eigenvalue weighted by molar-refractivity contribution is 0.171. The summed E-state index contributed by atoms with van der Waals surface area (Å²) in [7, 11) is 11.8. The number of rotatable bonds is 14. The largest absolute Gasteiger partial charge is 0.382 e. The Balaban J connectivity index is 0.000000120. The van der Waals surface area contributed by atoms with Gasteiger partial charge in [0, 0.05) is 49.8 Å². The molecule has 0 saturated carbocycles. The molecule has 0 N–H and O–H groups in total.